The van der Waals surface area contributed by atoms with Crippen molar-refractivity contribution < 1.29 is 0 Å². The zero-order valence-electron chi connectivity index (χ0n) is 9.30. The molecule has 1 N–H and O–H groups in total. The number of hydrogen-bond donors (Lipinski definition) is 1. The molecule has 0 spiro atoms. The van der Waals surface area contributed by atoms with Gasteiger partial charge in [0.15, 0.2) is 0 Å². The molecule has 76 valence electrons. The van der Waals surface area contributed by atoms with E-state index in [1.165, 1.54) is 0 Å². The van der Waals surface area contributed by atoms with Crippen LogP contribution >= 0.6 is 0 Å². The Bertz CT molecular complexity index is 300. The molecule has 1 nitrogen and oxygen atoms in total. The van der Waals surface area contributed by atoms with Crippen molar-refractivity contribution in [2.45, 2.75) is 13.8 Å². The highest BCUT2D eigenvalue weighted by Gasteiger charge is 1.99. The van der Waals surface area contributed by atoms with Gasteiger partial charge in [0, 0.05) is 18.3 Å². The Morgan fingerprint density at radius 1 is 1.29 bits per heavy atom. The van der Waals surface area contributed by atoms with Crippen LogP contribution in [0.1, 0.15) is 25.0 Å². The van der Waals surface area contributed by atoms with Crippen LogP contribution < -0.4 is 5.32 Å². The second-order valence-corrected chi connectivity index (χ2v) is 2.52. The molecule has 0 radical (unpaired) electrons. The third-order valence-electron chi connectivity index (χ3n) is 1.81. The molecular weight excluding hydrogens is 170 g/mol. The fraction of sp³-hybridized carbons (Fsp3) is 0.231. The molecule has 0 aromatic heterocycles. The lowest BCUT2D eigenvalue weighted by molar-refractivity contribution is 1.13. The van der Waals surface area contributed by atoms with Crippen LogP contribution in [0.5, 0.6) is 0 Å². The molecular formula is C13H19N. The van der Waals surface area contributed by atoms with E-state index in [1.54, 1.807) is 0 Å². The molecule has 0 aliphatic carbocycles. The largest absolute Gasteiger partial charge is 0.388 e. The average molecular weight is 189 g/mol. The van der Waals surface area contributed by atoms with Gasteiger partial charge in [0.2, 0.25) is 0 Å². The van der Waals surface area contributed by atoms with Crippen LogP contribution in [0.2, 0.25) is 0 Å². The van der Waals surface area contributed by atoms with Crippen molar-refractivity contribution in [2.24, 2.45) is 0 Å². The van der Waals surface area contributed by atoms with Gasteiger partial charge in [0.25, 0.3) is 0 Å². The molecule has 0 atom stereocenters. The minimum atomic E-state index is 0.922. The van der Waals surface area contributed by atoms with Crippen molar-refractivity contribution in [3.8, 4) is 0 Å². The standard InChI is InChI=1S/C11H13N.C2H6/c1-4-10-7-5-6-8-11(10)9(2)12-3;1-2/h4-8,12H,1-2H2,3H3;1-2H3. The number of benzene rings is 1. The lowest BCUT2D eigenvalue weighted by Gasteiger charge is -2.07. The summed E-state index contributed by atoms with van der Waals surface area (Å²) in [5.41, 5.74) is 3.14. The maximum Gasteiger partial charge on any atom is 0.0344 e. The van der Waals surface area contributed by atoms with E-state index in [0.717, 1.165) is 16.8 Å². The van der Waals surface area contributed by atoms with Crippen LogP contribution in [0.15, 0.2) is 37.4 Å². The van der Waals surface area contributed by atoms with Crippen LogP contribution in [0.25, 0.3) is 11.8 Å². The molecule has 0 bridgehead atoms. The number of rotatable bonds is 3. The highest BCUT2D eigenvalue weighted by molar-refractivity contribution is 5.71. The van der Waals surface area contributed by atoms with Crippen LogP contribution in [0.3, 0.4) is 0 Å². The first-order valence-corrected chi connectivity index (χ1v) is 4.88. The van der Waals surface area contributed by atoms with Gasteiger partial charge in [0.05, 0.1) is 0 Å². The molecule has 0 fully saturated rings. The van der Waals surface area contributed by atoms with Crippen molar-refractivity contribution in [1.82, 2.24) is 5.32 Å². The van der Waals surface area contributed by atoms with Crippen molar-refractivity contribution in [2.75, 3.05) is 7.05 Å². The van der Waals surface area contributed by atoms with Gasteiger partial charge in [-0.05, 0) is 5.56 Å². The summed E-state index contributed by atoms with van der Waals surface area (Å²) < 4.78 is 0. The van der Waals surface area contributed by atoms with E-state index in [4.69, 9.17) is 0 Å². The van der Waals surface area contributed by atoms with Crippen LogP contribution in [0.4, 0.5) is 0 Å². The Kier molecular flexibility index (Phi) is 6.21. The van der Waals surface area contributed by atoms with Gasteiger partial charge in [-0.2, -0.15) is 0 Å². The minimum absolute atomic E-state index is 0.922. The summed E-state index contributed by atoms with van der Waals surface area (Å²) in [4.78, 5) is 0. The normalized spacial score (nSPS) is 8.21. The zero-order chi connectivity index (χ0) is 11.0. The Morgan fingerprint density at radius 2 is 1.86 bits per heavy atom. The fourth-order valence-electron chi connectivity index (χ4n) is 1.08. The molecule has 0 saturated heterocycles. The van der Waals surface area contributed by atoms with Crippen molar-refractivity contribution in [1.29, 1.82) is 0 Å². The van der Waals surface area contributed by atoms with Gasteiger partial charge in [-0.15, -0.1) is 0 Å². The van der Waals surface area contributed by atoms with E-state index < -0.39 is 0 Å². The number of hydrogen-bond acceptors (Lipinski definition) is 1. The Balaban J connectivity index is 0.000000791. The summed E-state index contributed by atoms with van der Waals surface area (Å²) in [6, 6.07) is 8.02. The van der Waals surface area contributed by atoms with Crippen LogP contribution in [0, 0.1) is 0 Å². The van der Waals surface area contributed by atoms with Crippen LogP contribution in [-0.2, 0) is 0 Å². The first-order valence-electron chi connectivity index (χ1n) is 4.88. The molecule has 14 heavy (non-hydrogen) atoms. The van der Waals surface area contributed by atoms with Gasteiger partial charge in [-0.1, -0.05) is 57.3 Å². The molecule has 0 aliphatic rings. The molecule has 0 heterocycles. The first-order chi connectivity index (χ1) is 6.79. The van der Waals surface area contributed by atoms with E-state index >= 15 is 0 Å². The lowest BCUT2D eigenvalue weighted by atomic mass is 10.1. The smallest absolute Gasteiger partial charge is 0.0344 e. The van der Waals surface area contributed by atoms with E-state index in [1.807, 2.05) is 51.2 Å². The first kappa shape index (κ1) is 12.5. The SMILES string of the molecule is C=Cc1ccccc1C(=C)NC.CC. The Morgan fingerprint density at radius 3 is 2.36 bits per heavy atom. The predicted octanol–water partition coefficient (Wildman–Crippen LogP) is 3.55. The predicted molar refractivity (Wildman–Crippen MR) is 66.0 cm³/mol. The summed E-state index contributed by atoms with van der Waals surface area (Å²) in [5.74, 6) is 0. The Labute approximate surface area is 87.2 Å². The molecule has 0 unspecified atom stereocenters. The second-order valence-electron chi connectivity index (χ2n) is 2.52. The van der Waals surface area contributed by atoms with E-state index in [0.29, 0.717) is 0 Å². The molecule has 0 aliphatic heterocycles. The van der Waals surface area contributed by atoms with E-state index in [2.05, 4.69) is 18.5 Å². The molecule has 1 aromatic rings. The van der Waals surface area contributed by atoms with Gasteiger partial charge in [-0.3, -0.25) is 0 Å². The maximum atomic E-state index is 3.89. The molecule has 0 amide bonds. The van der Waals surface area contributed by atoms with E-state index in [9.17, 15) is 0 Å². The van der Waals surface area contributed by atoms with Crippen molar-refractivity contribution >= 4 is 11.8 Å². The monoisotopic (exact) mass is 189 g/mol. The van der Waals surface area contributed by atoms with Crippen molar-refractivity contribution in [3.63, 3.8) is 0 Å². The van der Waals surface area contributed by atoms with Gasteiger partial charge in [-0.25, -0.2) is 0 Å². The zero-order valence-corrected chi connectivity index (χ0v) is 9.30. The summed E-state index contributed by atoms with van der Waals surface area (Å²) >= 11 is 0. The molecule has 1 rings (SSSR count). The third-order valence-corrected chi connectivity index (χ3v) is 1.81. The second kappa shape index (κ2) is 6.96. The molecule has 1 heteroatoms. The highest BCUT2D eigenvalue weighted by Crippen LogP contribution is 2.15. The van der Waals surface area contributed by atoms with Gasteiger partial charge >= 0.3 is 0 Å². The summed E-state index contributed by atoms with van der Waals surface area (Å²) in [6.45, 7) is 11.6. The van der Waals surface area contributed by atoms with Gasteiger partial charge in [0.1, 0.15) is 0 Å². The summed E-state index contributed by atoms with van der Waals surface area (Å²) in [5, 5.41) is 3.01. The lowest BCUT2D eigenvalue weighted by Crippen LogP contribution is -2.03. The van der Waals surface area contributed by atoms with Gasteiger partial charge < -0.3 is 5.32 Å². The number of nitrogens with one attached hydrogen (secondary N) is 1. The summed E-state index contributed by atoms with van der Waals surface area (Å²) in [6.07, 6.45) is 1.83. The average Bonchev–Trinajstić information content (AvgIpc) is 2.30. The highest BCUT2D eigenvalue weighted by atomic mass is 14.8. The Hall–Kier alpha value is -1.50. The molecule has 1 aromatic carbocycles. The topological polar surface area (TPSA) is 12.0 Å². The van der Waals surface area contributed by atoms with Crippen molar-refractivity contribution in [3.05, 3.63) is 48.6 Å². The summed E-state index contributed by atoms with van der Waals surface area (Å²) in [7, 11) is 1.86. The van der Waals surface area contributed by atoms with Crippen LogP contribution in [-0.4, -0.2) is 7.05 Å². The van der Waals surface area contributed by atoms with E-state index in [-0.39, 0.29) is 0 Å². The maximum absolute atomic E-state index is 3.89. The fourth-order valence-corrected chi connectivity index (χ4v) is 1.08. The third kappa shape index (κ3) is 3.09. The quantitative estimate of drug-likeness (QED) is 0.766. The minimum Gasteiger partial charge on any atom is -0.388 e. The molecule has 0 saturated carbocycles.